The molecule has 1 fully saturated rings. The van der Waals surface area contributed by atoms with Crippen molar-refractivity contribution >= 4 is 0 Å². The molecule has 0 radical (unpaired) electrons. The molecule has 0 saturated carbocycles. The molecule has 1 heterocycles. The Morgan fingerprint density at radius 2 is 2.06 bits per heavy atom. The molecule has 0 aromatic rings. The first-order valence-corrected chi connectivity index (χ1v) is 6.72. The minimum atomic E-state index is 0.638. The monoisotopic (exact) mass is 228 g/mol. The van der Waals surface area contributed by atoms with E-state index in [9.17, 15) is 0 Å². The molecule has 1 aliphatic rings. The summed E-state index contributed by atoms with van der Waals surface area (Å²) < 4.78 is 5.06. The average Bonchev–Trinajstić information content (AvgIpc) is 2.30. The molecule has 0 spiro atoms. The predicted octanol–water partition coefficient (Wildman–Crippen LogP) is 1.73. The first-order valence-electron chi connectivity index (χ1n) is 6.72. The van der Waals surface area contributed by atoms with Crippen LogP contribution in [0.1, 0.15) is 33.1 Å². The highest BCUT2D eigenvalue weighted by molar-refractivity contribution is 4.79. The Hall–Kier alpha value is -0.120. The van der Waals surface area contributed by atoms with Gasteiger partial charge in [0.1, 0.15) is 0 Å². The number of methoxy groups -OCH3 is 1. The third kappa shape index (κ3) is 4.81. The molecular weight excluding hydrogens is 200 g/mol. The van der Waals surface area contributed by atoms with E-state index in [0.29, 0.717) is 6.04 Å². The summed E-state index contributed by atoms with van der Waals surface area (Å²) in [6, 6.07) is 0.638. The normalized spacial score (nSPS) is 21.2. The summed E-state index contributed by atoms with van der Waals surface area (Å²) in [6.45, 7) is 10.2. The molecule has 0 aromatic heterocycles. The highest BCUT2D eigenvalue weighted by atomic mass is 16.5. The van der Waals surface area contributed by atoms with E-state index in [1.165, 1.54) is 38.9 Å². The Balaban J connectivity index is 2.14. The van der Waals surface area contributed by atoms with Crippen molar-refractivity contribution in [2.45, 2.75) is 39.2 Å². The maximum atomic E-state index is 5.06. The van der Waals surface area contributed by atoms with E-state index in [2.05, 4.69) is 24.1 Å². The Labute approximate surface area is 101 Å². The lowest BCUT2D eigenvalue weighted by molar-refractivity contribution is 0.153. The topological polar surface area (TPSA) is 24.5 Å². The number of hydrogen-bond donors (Lipinski definition) is 1. The maximum Gasteiger partial charge on any atom is 0.0587 e. The summed E-state index contributed by atoms with van der Waals surface area (Å²) in [4.78, 5) is 2.60. The van der Waals surface area contributed by atoms with Gasteiger partial charge in [-0.1, -0.05) is 6.92 Å². The fraction of sp³-hybridized carbons (Fsp3) is 1.00. The van der Waals surface area contributed by atoms with Crippen LogP contribution in [-0.2, 0) is 4.74 Å². The van der Waals surface area contributed by atoms with Crippen LogP contribution in [0.5, 0.6) is 0 Å². The van der Waals surface area contributed by atoms with Crippen molar-refractivity contribution in [3.8, 4) is 0 Å². The summed E-state index contributed by atoms with van der Waals surface area (Å²) in [7, 11) is 1.76. The van der Waals surface area contributed by atoms with Gasteiger partial charge in [0.05, 0.1) is 6.61 Å². The van der Waals surface area contributed by atoms with Crippen LogP contribution < -0.4 is 5.32 Å². The average molecular weight is 228 g/mol. The molecule has 0 amide bonds. The Morgan fingerprint density at radius 3 is 2.62 bits per heavy atom. The van der Waals surface area contributed by atoms with Crippen molar-refractivity contribution in [2.75, 3.05) is 39.9 Å². The maximum absolute atomic E-state index is 5.06. The van der Waals surface area contributed by atoms with Crippen LogP contribution in [0.4, 0.5) is 0 Å². The quantitative estimate of drug-likeness (QED) is 0.672. The zero-order chi connectivity index (χ0) is 11.8. The Bertz CT molecular complexity index is 167. The van der Waals surface area contributed by atoms with Crippen LogP contribution in [0.3, 0.4) is 0 Å². The van der Waals surface area contributed by atoms with Crippen LogP contribution in [0.2, 0.25) is 0 Å². The Morgan fingerprint density at radius 1 is 1.38 bits per heavy atom. The van der Waals surface area contributed by atoms with Crippen LogP contribution >= 0.6 is 0 Å². The van der Waals surface area contributed by atoms with E-state index in [1.54, 1.807) is 7.11 Å². The van der Waals surface area contributed by atoms with Crippen LogP contribution in [-0.4, -0.2) is 50.8 Å². The van der Waals surface area contributed by atoms with Gasteiger partial charge in [0, 0.05) is 19.7 Å². The van der Waals surface area contributed by atoms with Crippen LogP contribution in [0.25, 0.3) is 0 Å². The molecule has 3 heteroatoms. The second-order valence-electron chi connectivity index (χ2n) is 4.91. The fourth-order valence-corrected chi connectivity index (χ4v) is 2.55. The molecule has 0 aromatic carbocycles. The van der Waals surface area contributed by atoms with E-state index < -0.39 is 0 Å². The second-order valence-corrected chi connectivity index (χ2v) is 4.91. The number of nitrogens with one attached hydrogen (secondary N) is 1. The molecule has 0 bridgehead atoms. The third-order valence-corrected chi connectivity index (χ3v) is 3.65. The van der Waals surface area contributed by atoms with Gasteiger partial charge >= 0.3 is 0 Å². The van der Waals surface area contributed by atoms with E-state index in [-0.39, 0.29) is 0 Å². The SMILES string of the molecule is CCCN1CCC(C(C)NCCOC)CC1. The molecule has 16 heavy (non-hydrogen) atoms. The van der Waals surface area contributed by atoms with E-state index in [0.717, 1.165) is 19.1 Å². The van der Waals surface area contributed by atoms with Gasteiger partial charge in [0.25, 0.3) is 0 Å². The zero-order valence-electron chi connectivity index (χ0n) is 11.2. The minimum absolute atomic E-state index is 0.638. The van der Waals surface area contributed by atoms with Gasteiger partial charge < -0.3 is 15.0 Å². The van der Waals surface area contributed by atoms with Gasteiger partial charge in [0.2, 0.25) is 0 Å². The van der Waals surface area contributed by atoms with Crippen LogP contribution in [0, 0.1) is 5.92 Å². The number of hydrogen-bond acceptors (Lipinski definition) is 3. The van der Waals surface area contributed by atoms with Crippen molar-refractivity contribution in [1.29, 1.82) is 0 Å². The highest BCUT2D eigenvalue weighted by Crippen LogP contribution is 2.20. The van der Waals surface area contributed by atoms with Gasteiger partial charge in [-0.15, -0.1) is 0 Å². The second kappa shape index (κ2) is 8.04. The van der Waals surface area contributed by atoms with E-state index >= 15 is 0 Å². The summed E-state index contributed by atoms with van der Waals surface area (Å²) in [5, 5.41) is 3.56. The summed E-state index contributed by atoms with van der Waals surface area (Å²) in [6.07, 6.45) is 3.98. The molecule has 1 N–H and O–H groups in total. The fourth-order valence-electron chi connectivity index (χ4n) is 2.55. The van der Waals surface area contributed by atoms with Crippen molar-refractivity contribution < 1.29 is 4.74 Å². The first kappa shape index (κ1) is 13.9. The number of piperidine rings is 1. The number of likely N-dealkylation sites (tertiary alicyclic amines) is 1. The lowest BCUT2D eigenvalue weighted by Gasteiger charge is -2.35. The summed E-state index contributed by atoms with van der Waals surface area (Å²) in [5.41, 5.74) is 0. The smallest absolute Gasteiger partial charge is 0.0587 e. The van der Waals surface area contributed by atoms with Gasteiger partial charge in [-0.3, -0.25) is 0 Å². The minimum Gasteiger partial charge on any atom is -0.383 e. The van der Waals surface area contributed by atoms with Crippen molar-refractivity contribution in [3.63, 3.8) is 0 Å². The molecule has 1 atom stereocenters. The molecule has 96 valence electrons. The largest absolute Gasteiger partial charge is 0.383 e. The molecule has 3 nitrogen and oxygen atoms in total. The highest BCUT2D eigenvalue weighted by Gasteiger charge is 2.22. The van der Waals surface area contributed by atoms with E-state index in [1.807, 2.05) is 0 Å². The van der Waals surface area contributed by atoms with Gasteiger partial charge in [-0.2, -0.15) is 0 Å². The lowest BCUT2D eigenvalue weighted by Crippen LogP contribution is -2.42. The van der Waals surface area contributed by atoms with Gasteiger partial charge in [0.15, 0.2) is 0 Å². The molecule has 1 saturated heterocycles. The summed E-state index contributed by atoms with van der Waals surface area (Å²) >= 11 is 0. The molecule has 1 rings (SSSR count). The lowest BCUT2D eigenvalue weighted by atomic mass is 9.90. The number of nitrogens with zero attached hydrogens (tertiary/aromatic N) is 1. The van der Waals surface area contributed by atoms with Crippen LogP contribution in [0.15, 0.2) is 0 Å². The Kier molecular flexibility index (Phi) is 7.01. The first-order chi connectivity index (χ1) is 7.77. The number of rotatable bonds is 7. The molecule has 1 unspecified atom stereocenters. The standard InChI is InChI=1S/C13H28N2O/c1-4-8-15-9-5-13(6-10-15)12(2)14-7-11-16-3/h12-14H,4-11H2,1-3H3. The summed E-state index contributed by atoms with van der Waals surface area (Å²) in [5.74, 6) is 0.852. The third-order valence-electron chi connectivity index (χ3n) is 3.65. The van der Waals surface area contributed by atoms with E-state index in [4.69, 9.17) is 4.74 Å². The molecular formula is C13H28N2O. The van der Waals surface area contributed by atoms with Crippen molar-refractivity contribution in [1.82, 2.24) is 10.2 Å². The van der Waals surface area contributed by atoms with Gasteiger partial charge in [-0.05, 0) is 51.7 Å². The van der Waals surface area contributed by atoms with Crippen molar-refractivity contribution in [2.24, 2.45) is 5.92 Å². The predicted molar refractivity (Wildman–Crippen MR) is 68.8 cm³/mol. The van der Waals surface area contributed by atoms with Crippen molar-refractivity contribution in [3.05, 3.63) is 0 Å². The zero-order valence-corrected chi connectivity index (χ0v) is 11.2. The number of ether oxygens (including phenoxy) is 1. The molecule has 1 aliphatic heterocycles. The molecule has 0 aliphatic carbocycles. The van der Waals surface area contributed by atoms with Gasteiger partial charge in [-0.25, -0.2) is 0 Å².